The molecule has 1 aliphatic rings. The first-order chi connectivity index (χ1) is 9.09. The SMILES string of the molecule is CCC1CC(CN)(N(C)Cc2csc(Br)c2)CCO1. The fourth-order valence-corrected chi connectivity index (χ4v) is 4.02. The van der Waals surface area contributed by atoms with Gasteiger partial charge in [0.05, 0.1) is 9.89 Å². The van der Waals surface area contributed by atoms with Gasteiger partial charge in [0.1, 0.15) is 0 Å². The van der Waals surface area contributed by atoms with E-state index in [1.807, 2.05) is 0 Å². The highest BCUT2D eigenvalue weighted by Gasteiger charge is 2.38. The maximum Gasteiger partial charge on any atom is 0.0701 e. The molecule has 3 nitrogen and oxygen atoms in total. The molecule has 5 heteroatoms. The molecule has 2 heterocycles. The van der Waals surface area contributed by atoms with Crippen LogP contribution in [0, 0.1) is 0 Å². The minimum atomic E-state index is 0.0906. The number of thiophene rings is 1. The topological polar surface area (TPSA) is 38.5 Å². The molecular weight excluding hydrogens is 324 g/mol. The third kappa shape index (κ3) is 3.58. The van der Waals surface area contributed by atoms with Crippen LogP contribution < -0.4 is 5.73 Å². The van der Waals surface area contributed by atoms with E-state index in [0.717, 1.165) is 32.4 Å². The number of nitrogens with zero attached hydrogens (tertiary/aromatic N) is 1. The molecule has 1 aliphatic heterocycles. The summed E-state index contributed by atoms with van der Waals surface area (Å²) in [6, 6.07) is 2.20. The Morgan fingerprint density at radius 1 is 1.63 bits per heavy atom. The maximum atomic E-state index is 6.11. The Morgan fingerprint density at radius 3 is 3.00 bits per heavy atom. The van der Waals surface area contributed by atoms with Crippen molar-refractivity contribution >= 4 is 27.3 Å². The predicted molar refractivity (Wildman–Crippen MR) is 84.5 cm³/mol. The van der Waals surface area contributed by atoms with Crippen molar-refractivity contribution in [3.05, 3.63) is 20.8 Å². The predicted octanol–water partition coefficient (Wildman–Crippen LogP) is 3.23. The smallest absolute Gasteiger partial charge is 0.0701 e. The Labute approximate surface area is 128 Å². The number of halogens is 1. The summed E-state index contributed by atoms with van der Waals surface area (Å²) in [7, 11) is 2.19. The van der Waals surface area contributed by atoms with Crippen molar-refractivity contribution in [2.75, 3.05) is 20.2 Å². The molecule has 1 saturated heterocycles. The molecule has 0 aliphatic carbocycles. The van der Waals surface area contributed by atoms with Crippen LogP contribution in [-0.4, -0.2) is 36.7 Å². The van der Waals surface area contributed by atoms with Crippen LogP contribution in [-0.2, 0) is 11.3 Å². The van der Waals surface area contributed by atoms with Crippen LogP contribution in [0.3, 0.4) is 0 Å². The Balaban J connectivity index is 2.07. The van der Waals surface area contributed by atoms with Gasteiger partial charge in [0, 0.05) is 25.2 Å². The Bertz CT molecular complexity index is 412. The maximum absolute atomic E-state index is 6.11. The van der Waals surface area contributed by atoms with E-state index in [2.05, 4.69) is 46.2 Å². The van der Waals surface area contributed by atoms with Crippen molar-refractivity contribution in [2.24, 2.45) is 5.73 Å². The minimum Gasteiger partial charge on any atom is -0.378 e. The Morgan fingerprint density at radius 2 is 2.42 bits per heavy atom. The Kier molecular flexibility index (Phi) is 5.43. The van der Waals surface area contributed by atoms with Crippen LogP contribution in [0.2, 0.25) is 0 Å². The van der Waals surface area contributed by atoms with Crippen LogP contribution in [0.4, 0.5) is 0 Å². The molecule has 0 radical (unpaired) electrons. The van der Waals surface area contributed by atoms with Crippen LogP contribution in [0.5, 0.6) is 0 Å². The van der Waals surface area contributed by atoms with E-state index >= 15 is 0 Å². The molecule has 2 atom stereocenters. The van der Waals surface area contributed by atoms with E-state index in [1.165, 1.54) is 9.35 Å². The van der Waals surface area contributed by atoms with Crippen LogP contribution >= 0.6 is 27.3 Å². The number of ether oxygens (including phenoxy) is 1. The number of nitrogens with two attached hydrogens (primary N) is 1. The van der Waals surface area contributed by atoms with Crippen LogP contribution in [0.15, 0.2) is 15.2 Å². The van der Waals surface area contributed by atoms with E-state index < -0.39 is 0 Å². The zero-order chi connectivity index (χ0) is 13.9. The second-order valence-corrected chi connectivity index (χ2v) is 7.69. The molecule has 0 saturated carbocycles. The van der Waals surface area contributed by atoms with E-state index in [-0.39, 0.29) is 5.54 Å². The monoisotopic (exact) mass is 346 g/mol. The summed E-state index contributed by atoms with van der Waals surface area (Å²) in [6.07, 6.45) is 3.50. The van der Waals surface area contributed by atoms with Crippen molar-refractivity contribution < 1.29 is 4.74 Å². The van der Waals surface area contributed by atoms with Gasteiger partial charge in [-0.1, -0.05) is 6.92 Å². The summed E-state index contributed by atoms with van der Waals surface area (Å²) in [5, 5.41) is 2.21. The lowest BCUT2D eigenvalue weighted by Crippen LogP contribution is -2.56. The molecule has 19 heavy (non-hydrogen) atoms. The molecule has 0 bridgehead atoms. The van der Waals surface area contributed by atoms with E-state index in [0.29, 0.717) is 12.6 Å². The minimum absolute atomic E-state index is 0.0906. The van der Waals surface area contributed by atoms with E-state index in [1.54, 1.807) is 11.3 Å². The molecular formula is C14H23BrN2OS. The highest BCUT2D eigenvalue weighted by molar-refractivity contribution is 9.11. The fourth-order valence-electron chi connectivity index (χ4n) is 2.82. The summed E-state index contributed by atoms with van der Waals surface area (Å²) in [5.74, 6) is 0. The van der Waals surface area contributed by atoms with Crippen molar-refractivity contribution in [3.63, 3.8) is 0 Å². The highest BCUT2D eigenvalue weighted by atomic mass is 79.9. The van der Waals surface area contributed by atoms with Gasteiger partial charge >= 0.3 is 0 Å². The van der Waals surface area contributed by atoms with Gasteiger partial charge in [-0.05, 0) is 59.2 Å². The van der Waals surface area contributed by atoms with Gasteiger partial charge in [-0.25, -0.2) is 0 Å². The normalized spacial score (nSPS) is 27.9. The van der Waals surface area contributed by atoms with Gasteiger partial charge in [0.15, 0.2) is 0 Å². The number of rotatable bonds is 5. The van der Waals surface area contributed by atoms with Gasteiger partial charge in [-0.3, -0.25) is 4.90 Å². The number of likely N-dealkylation sites (N-methyl/N-ethyl adjacent to an activating group) is 1. The molecule has 2 rings (SSSR count). The van der Waals surface area contributed by atoms with Crippen molar-refractivity contribution in [1.29, 1.82) is 0 Å². The number of hydrogen-bond donors (Lipinski definition) is 1. The first-order valence-corrected chi connectivity index (χ1v) is 8.52. The zero-order valence-corrected chi connectivity index (χ0v) is 14.1. The summed E-state index contributed by atoms with van der Waals surface area (Å²) >= 11 is 5.26. The summed E-state index contributed by atoms with van der Waals surface area (Å²) in [4.78, 5) is 2.42. The highest BCUT2D eigenvalue weighted by Crippen LogP contribution is 2.32. The van der Waals surface area contributed by atoms with E-state index in [4.69, 9.17) is 10.5 Å². The third-order valence-corrected chi connectivity index (χ3v) is 5.77. The quantitative estimate of drug-likeness (QED) is 0.889. The van der Waals surface area contributed by atoms with E-state index in [9.17, 15) is 0 Å². The summed E-state index contributed by atoms with van der Waals surface area (Å²) < 4.78 is 6.99. The first kappa shape index (κ1) is 15.4. The van der Waals surface area contributed by atoms with Gasteiger partial charge in [-0.2, -0.15) is 0 Å². The molecule has 1 aromatic heterocycles. The molecule has 108 valence electrons. The number of hydrogen-bond acceptors (Lipinski definition) is 4. The molecule has 2 unspecified atom stereocenters. The second-order valence-electron chi connectivity index (χ2n) is 5.40. The lowest BCUT2D eigenvalue weighted by molar-refractivity contribution is -0.0671. The van der Waals surface area contributed by atoms with Crippen molar-refractivity contribution in [3.8, 4) is 0 Å². The molecule has 0 aromatic carbocycles. The van der Waals surface area contributed by atoms with Gasteiger partial charge < -0.3 is 10.5 Å². The standard InChI is InChI=1S/C14H23BrN2OS/c1-3-12-7-14(10-16,4-5-18-12)17(2)8-11-6-13(15)19-9-11/h6,9,12H,3-5,7-8,10,16H2,1-2H3. The molecule has 1 fully saturated rings. The Hall–Kier alpha value is 0.0600. The van der Waals surface area contributed by atoms with Crippen molar-refractivity contribution in [1.82, 2.24) is 4.90 Å². The average molecular weight is 347 g/mol. The molecule has 1 aromatic rings. The zero-order valence-electron chi connectivity index (χ0n) is 11.7. The first-order valence-electron chi connectivity index (χ1n) is 6.85. The van der Waals surface area contributed by atoms with Gasteiger partial charge in [0.2, 0.25) is 0 Å². The summed E-state index contributed by atoms with van der Waals surface area (Å²) in [6.45, 7) is 4.67. The molecule has 2 N–H and O–H groups in total. The molecule has 0 amide bonds. The fraction of sp³-hybridized carbons (Fsp3) is 0.714. The lowest BCUT2D eigenvalue weighted by atomic mass is 9.84. The second kappa shape index (κ2) is 6.68. The molecule has 0 spiro atoms. The van der Waals surface area contributed by atoms with Crippen molar-refractivity contribution in [2.45, 2.75) is 44.4 Å². The van der Waals surface area contributed by atoms with Crippen LogP contribution in [0.1, 0.15) is 31.7 Å². The van der Waals surface area contributed by atoms with Gasteiger partial charge in [0.25, 0.3) is 0 Å². The third-order valence-electron chi connectivity index (χ3n) is 4.22. The van der Waals surface area contributed by atoms with Crippen LogP contribution in [0.25, 0.3) is 0 Å². The lowest BCUT2D eigenvalue weighted by Gasteiger charge is -2.46. The average Bonchev–Trinajstić information content (AvgIpc) is 2.84. The largest absolute Gasteiger partial charge is 0.378 e. The summed E-state index contributed by atoms with van der Waals surface area (Å²) in [5.41, 5.74) is 7.56. The van der Waals surface area contributed by atoms with Gasteiger partial charge in [-0.15, -0.1) is 11.3 Å².